The summed E-state index contributed by atoms with van der Waals surface area (Å²) in [7, 11) is 0. The van der Waals surface area contributed by atoms with Gasteiger partial charge in [-0.3, -0.25) is 0 Å². The van der Waals surface area contributed by atoms with Crippen molar-refractivity contribution in [1.29, 1.82) is 0 Å². The molecule has 0 aliphatic heterocycles. The third-order valence-corrected chi connectivity index (χ3v) is 7.14. The van der Waals surface area contributed by atoms with E-state index in [1.54, 1.807) is 36.4 Å². The van der Waals surface area contributed by atoms with Gasteiger partial charge in [-0.05, 0) is 67.3 Å². The Morgan fingerprint density at radius 1 is 0.735 bits per heavy atom. The van der Waals surface area contributed by atoms with Crippen LogP contribution in [0.3, 0.4) is 0 Å². The maximum atomic E-state index is 14.6. The van der Waals surface area contributed by atoms with Crippen LogP contribution in [0.1, 0.15) is 66.7 Å². The van der Waals surface area contributed by atoms with Gasteiger partial charge in [0.1, 0.15) is 19.0 Å². The maximum Gasteiger partial charge on any atom is 0.459 e. The van der Waals surface area contributed by atoms with Crippen LogP contribution in [0.15, 0.2) is 60.7 Å². The molecule has 1 atom stereocenters. The summed E-state index contributed by atoms with van der Waals surface area (Å²) in [5.41, 5.74) is 0.955. The molecule has 268 valence electrons. The van der Waals surface area contributed by atoms with Crippen molar-refractivity contribution in [3.63, 3.8) is 0 Å². The van der Waals surface area contributed by atoms with Gasteiger partial charge in [0.05, 0.1) is 23.8 Å². The lowest BCUT2D eigenvalue weighted by atomic mass is 10.0. The molecule has 0 aliphatic rings. The minimum absolute atomic E-state index is 0.0212. The molecule has 3 aromatic rings. The average molecular weight is 709 g/mol. The van der Waals surface area contributed by atoms with Crippen molar-refractivity contribution in [2.75, 3.05) is 19.8 Å². The fourth-order valence-electron chi connectivity index (χ4n) is 4.35. The number of esters is 2. The summed E-state index contributed by atoms with van der Waals surface area (Å²) >= 11 is 0. The van der Waals surface area contributed by atoms with Crippen LogP contribution in [0, 0.1) is 11.6 Å². The molecule has 0 radical (unpaired) electrons. The van der Waals surface area contributed by atoms with Crippen LogP contribution in [0.25, 0.3) is 11.1 Å². The zero-order chi connectivity index (χ0) is 36.4. The Kier molecular flexibility index (Phi) is 13.5. The number of unbranched alkanes of at least 4 members (excludes halogenated alkanes) is 3. The van der Waals surface area contributed by atoms with Crippen molar-refractivity contribution < 1.29 is 68.1 Å². The smallest absolute Gasteiger partial charge is 0.459 e. The summed E-state index contributed by atoms with van der Waals surface area (Å²) in [6.07, 6.45) is -1.65. The van der Waals surface area contributed by atoms with Gasteiger partial charge in [-0.25, -0.2) is 14.0 Å². The van der Waals surface area contributed by atoms with Crippen LogP contribution in [0.4, 0.5) is 39.5 Å². The van der Waals surface area contributed by atoms with Crippen LogP contribution < -0.4 is 9.47 Å². The number of halogens is 9. The normalized spacial score (nSPS) is 12.8. The van der Waals surface area contributed by atoms with Gasteiger partial charge < -0.3 is 18.9 Å². The second kappa shape index (κ2) is 16.9. The lowest BCUT2D eigenvalue weighted by molar-refractivity contribution is -0.361. The monoisotopic (exact) mass is 708 g/mol. The summed E-state index contributed by atoms with van der Waals surface area (Å²) in [5, 5.41) is 0. The number of rotatable bonds is 17. The van der Waals surface area contributed by atoms with E-state index in [0.717, 1.165) is 49.8 Å². The first kappa shape index (κ1) is 39.2. The number of alkyl halides is 7. The van der Waals surface area contributed by atoms with Crippen molar-refractivity contribution in [2.24, 2.45) is 0 Å². The van der Waals surface area contributed by atoms with Gasteiger partial charge in [0.2, 0.25) is 5.82 Å². The molecule has 0 aliphatic carbocycles. The topological polar surface area (TPSA) is 71.1 Å². The number of benzene rings is 3. The summed E-state index contributed by atoms with van der Waals surface area (Å²) in [6.45, 7) is -0.186. The summed E-state index contributed by atoms with van der Waals surface area (Å²) < 4.78 is 137. The molecular weight excluding hydrogens is 675 g/mol. The van der Waals surface area contributed by atoms with E-state index in [2.05, 4.69) is 11.7 Å². The average Bonchev–Trinajstić information content (AvgIpc) is 3.04. The van der Waals surface area contributed by atoms with E-state index in [1.807, 2.05) is 6.92 Å². The molecule has 3 rings (SSSR count). The first-order valence-electron chi connectivity index (χ1n) is 15.1. The van der Waals surface area contributed by atoms with Crippen molar-refractivity contribution in [3.05, 3.63) is 83.4 Å². The molecule has 0 bridgehead atoms. The highest BCUT2D eigenvalue weighted by Gasteiger charge is 2.73. The van der Waals surface area contributed by atoms with Gasteiger partial charge in [0, 0.05) is 0 Å². The van der Waals surface area contributed by atoms with Crippen LogP contribution >= 0.6 is 0 Å². The molecule has 0 unspecified atom stereocenters. The molecule has 15 heteroatoms. The summed E-state index contributed by atoms with van der Waals surface area (Å²) in [5.74, 6) is -17.9. The molecule has 0 fully saturated rings. The third-order valence-electron chi connectivity index (χ3n) is 7.14. The quantitative estimate of drug-likeness (QED) is 0.0602. The minimum Gasteiger partial charge on any atom is -0.488 e. The summed E-state index contributed by atoms with van der Waals surface area (Å²) in [6, 6.07) is 14.2. The predicted molar refractivity (Wildman–Crippen MR) is 159 cm³/mol. The zero-order valence-electron chi connectivity index (χ0n) is 26.4. The van der Waals surface area contributed by atoms with Crippen molar-refractivity contribution >= 4 is 11.9 Å². The lowest BCUT2D eigenvalue weighted by Gasteiger charge is -2.27. The Labute approximate surface area is 276 Å². The van der Waals surface area contributed by atoms with Crippen LogP contribution in [0.2, 0.25) is 0 Å². The van der Waals surface area contributed by atoms with Gasteiger partial charge in [0.25, 0.3) is 0 Å². The largest absolute Gasteiger partial charge is 0.488 e. The number of hydrogen-bond acceptors (Lipinski definition) is 6. The number of carbonyl (C=O) groups is 2. The van der Waals surface area contributed by atoms with Crippen LogP contribution in [-0.2, 0) is 9.47 Å². The van der Waals surface area contributed by atoms with E-state index < -0.39 is 72.7 Å². The van der Waals surface area contributed by atoms with E-state index in [0.29, 0.717) is 11.1 Å². The number of ether oxygens (including phenoxy) is 4. The number of carbonyl (C=O) groups excluding carboxylic acids is 2. The highest BCUT2D eigenvalue weighted by Crippen LogP contribution is 2.46. The first-order valence-corrected chi connectivity index (χ1v) is 15.1. The van der Waals surface area contributed by atoms with Gasteiger partial charge in [-0.2, -0.15) is 35.1 Å². The molecular formula is C34H33F9O6. The molecule has 0 saturated carbocycles. The van der Waals surface area contributed by atoms with E-state index in [4.69, 9.17) is 14.2 Å². The van der Waals surface area contributed by atoms with Crippen LogP contribution in [-0.4, -0.2) is 55.9 Å². The minimum atomic E-state index is -6.53. The lowest BCUT2D eigenvalue weighted by Crippen LogP contribution is -2.54. The Hall–Kier alpha value is -4.27. The molecule has 0 amide bonds. The fraction of sp³-hybridized carbons (Fsp3) is 0.412. The van der Waals surface area contributed by atoms with Gasteiger partial charge in [0.15, 0.2) is 11.6 Å². The summed E-state index contributed by atoms with van der Waals surface area (Å²) in [4.78, 5) is 25.0. The number of hydrogen-bond donors (Lipinski definition) is 0. The second-order valence-corrected chi connectivity index (χ2v) is 11.0. The third kappa shape index (κ3) is 10.4. The zero-order valence-corrected chi connectivity index (χ0v) is 26.4. The molecule has 0 N–H and O–H groups in total. The Morgan fingerprint density at radius 3 is 1.94 bits per heavy atom. The molecule has 0 spiro atoms. The Bertz CT molecular complexity index is 1540. The molecule has 49 heavy (non-hydrogen) atoms. The fourth-order valence-corrected chi connectivity index (χ4v) is 4.35. The first-order chi connectivity index (χ1) is 23.0. The van der Waals surface area contributed by atoms with Gasteiger partial charge in [-0.1, -0.05) is 50.5 Å². The Morgan fingerprint density at radius 2 is 1.35 bits per heavy atom. The highest BCUT2D eigenvalue weighted by atomic mass is 19.4. The molecule has 0 aromatic heterocycles. The standard InChI is InChI=1S/C34H33F9O6/c1-3-4-5-6-7-21(2)48-30(44)24-10-8-22(9-11-24)23-12-14-25(15-13-23)49-31(45)26-16-17-27(29(36)28(26)35)47-19-18-46-20-32(37,38)33(39,40)34(41,42)43/h8-17,21H,3-7,18-20H2,1-2H3/t21-/m1/s1. The molecule has 3 aromatic carbocycles. The molecule has 6 nitrogen and oxygen atoms in total. The Balaban J connectivity index is 1.52. The molecule has 0 heterocycles. The van der Waals surface area contributed by atoms with Crippen molar-refractivity contribution in [1.82, 2.24) is 0 Å². The van der Waals surface area contributed by atoms with E-state index in [-0.39, 0.29) is 11.9 Å². The van der Waals surface area contributed by atoms with E-state index in [1.165, 1.54) is 12.1 Å². The predicted octanol–water partition coefficient (Wildman–Crippen LogP) is 9.59. The van der Waals surface area contributed by atoms with Gasteiger partial charge in [-0.15, -0.1) is 0 Å². The van der Waals surface area contributed by atoms with Crippen molar-refractivity contribution in [2.45, 2.75) is 70.1 Å². The van der Waals surface area contributed by atoms with Crippen LogP contribution in [0.5, 0.6) is 11.5 Å². The SMILES string of the molecule is CCCCCC[C@@H](C)OC(=O)c1ccc(-c2ccc(OC(=O)c3ccc(OCCOCC(F)(F)C(F)(F)C(F)(F)F)c(F)c3F)cc2)cc1. The highest BCUT2D eigenvalue weighted by molar-refractivity contribution is 5.92. The van der Waals surface area contributed by atoms with E-state index in [9.17, 15) is 49.1 Å². The maximum absolute atomic E-state index is 14.6. The van der Waals surface area contributed by atoms with Crippen molar-refractivity contribution in [3.8, 4) is 22.6 Å². The second-order valence-electron chi connectivity index (χ2n) is 11.0. The molecule has 0 saturated heterocycles. The van der Waals surface area contributed by atoms with Gasteiger partial charge >= 0.3 is 30.0 Å². The van der Waals surface area contributed by atoms with E-state index >= 15 is 0 Å².